The number of carbonyl (C=O) groups is 2. The highest BCUT2D eigenvalue weighted by molar-refractivity contribution is 6.30. The minimum absolute atomic E-state index is 0.109. The standard InChI is InChI=1S/C20H22ClNO3/c1-14-4-7-17(12-15(14)2)20(24)22(11-10-19(23)25-3)13-16-5-8-18(21)9-6-16/h4-9,12H,10-11,13H2,1-3H3. The molecule has 2 aromatic carbocycles. The minimum Gasteiger partial charge on any atom is -0.469 e. The number of aryl methyl sites for hydroxylation is 2. The second-order valence-corrected chi connectivity index (χ2v) is 6.41. The zero-order valence-electron chi connectivity index (χ0n) is 14.7. The summed E-state index contributed by atoms with van der Waals surface area (Å²) < 4.78 is 4.69. The molecular weight excluding hydrogens is 338 g/mol. The van der Waals surface area contributed by atoms with Crippen molar-refractivity contribution in [3.63, 3.8) is 0 Å². The molecule has 5 heteroatoms. The van der Waals surface area contributed by atoms with Crippen molar-refractivity contribution in [2.75, 3.05) is 13.7 Å². The van der Waals surface area contributed by atoms with Gasteiger partial charge in [0.15, 0.2) is 0 Å². The summed E-state index contributed by atoms with van der Waals surface area (Å²) >= 11 is 5.92. The van der Waals surface area contributed by atoms with E-state index in [0.717, 1.165) is 16.7 Å². The third-order valence-corrected chi connectivity index (χ3v) is 4.39. The SMILES string of the molecule is COC(=O)CCN(Cc1ccc(Cl)cc1)C(=O)c1ccc(C)c(C)c1. The van der Waals surface area contributed by atoms with Gasteiger partial charge in [0.25, 0.3) is 5.91 Å². The first-order valence-electron chi connectivity index (χ1n) is 8.08. The van der Waals surface area contributed by atoms with Crippen LogP contribution in [0.4, 0.5) is 0 Å². The van der Waals surface area contributed by atoms with Crippen LogP contribution in [0.25, 0.3) is 0 Å². The fraction of sp³-hybridized carbons (Fsp3) is 0.300. The molecule has 0 aliphatic rings. The van der Waals surface area contributed by atoms with Crippen LogP contribution >= 0.6 is 11.6 Å². The molecule has 2 rings (SSSR count). The predicted octanol–water partition coefficient (Wildman–Crippen LogP) is 4.16. The molecule has 0 aromatic heterocycles. The molecule has 0 fully saturated rings. The summed E-state index contributed by atoms with van der Waals surface area (Å²) in [6.07, 6.45) is 0.153. The van der Waals surface area contributed by atoms with E-state index in [9.17, 15) is 9.59 Å². The Balaban J connectivity index is 2.22. The van der Waals surface area contributed by atoms with Gasteiger partial charge in [-0.25, -0.2) is 0 Å². The molecule has 0 spiro atoms. The van der Waals surface area contributed by atoms with E-state index in [1.807, 2.05) is 44.2 Å². The number of amides is 1. The summed E-state index contributed by atoms with van der Waals surface area (Å²) in [5, 5.41) is 0.644. The number of esters is 1. The van der Waals surface area contributed by atoms with E-state index in [4.69, 9.17) is 16.3 Å². The van der Waals surface area contributed by atoms with Crippen LogP contribution < -0.4 is 0 Å². The average Bonchev–Trinajstić information content (AvgIpc) is 2.61. The van der Waals surface area contributed by atoms with E-state index in [1.54, 1.807) is 17.0 Å². The van der Waals surface area contributed by atoms with Crippen molar-refractivity contribution >= 4 is 23.5 Å². The molecule has 0 heterocycles. The second-order valence-electron chi connectivity index (χ2n) is 5.98. The first kappa shape index (κ1) is 19.0. The molecule has 25 heavy (non-hydrogen) atoms. The van der Waals surface area contributed by atoms with E-state index in [1.165, 1.54) is 7.11 Å². The minimum atomic E-state index is -0.339. The van der Waals surface area contributed by atoms with Gasteiger partial charge in [-0.2, -0.15) is 0 Å². The maximum atomic E-state index is 12.9. The fourth-order valence-corrected chi connectivity index (χ4v) is 2.57. The monoisotopic (exact) mass is 359 g/mol. The zero-order chi connectivity index (χ0) is 18.4. The van der Waals surface area contributed by atoms with Gasteiger partial charge >= 0.3 is 5.97 Å². The summed E-state index contributed by atoms with van der Waals surface area (Å²) in [6.45, 7) is 4.68. The zero-order valence-corrected chi connectivity index (χ0v) is 15.5. The largest absolute Gasteiger partial charge is 0.469 e. The Bertz CT molecular complexity index is 756. The quantitative estimate of drug-likeness (QED) is 0.727. The number of hydrogen-bond acceptors (Lipinski definition) is 3. The number of rotatable bonds is 6. The lowest BCUT2D eigenvalue weighted by atomic mass is 10.1. The Morgan fingerprint density at radius 2 is 1.72 bits per heavy atom. The number of ether oxygens (including phenoxy) is 1. The van der Waals surface area contributed by atoms with E-state index >= 15 is 0 Å². The third kappa shape index (κ3) is 5.33. The van der Waals surface area contributed by atoms with Crippen LogP contribution in [0.2, 0.25) is 5.02 Å². The van der Waals surface area contributed by atoms with Crippen LogP contribution in [-0.2, 0) is 16.1 Å². The Morgan fingerprint density at radius 1 is 1.04 bits per heavy atom. The van der Waals surface area contributed by atoms with Crippen molar-refractivity contribution < 1.29 is 14.3 Å². The van der Waals surface area contributed by atoms with Crippen LogP contribution in [0, 0.1) is 13.8 Å². The molecule has 0 saturated heterocycles. The van der Waals surface area contributed by atoms with Crippen LogP contribution in [0.1, 0.15) is 33.5 Å². The second kappa shape index (κ2) is 8.67. The molecule has 4 nitrogen and oxygen atoms in total. The molecule has 1 amide bonds. The van der Waals surface area contributed by atoms with Gasteiger partial charge in [0.1, 0.15) is 0 Å². The van der Waals surface area contributed by atoms with Crippen LogP contribution in [0.15, 0.2) is 42.5 Å². The van der Waals surface area contributed by atoms with Crippen molar-refractivity contribution in [1.29, 1.82) is 0 Å². The smallest absolute Gasteiger partial charge is 0.307 e. The first-order chi connectivity index (χ1) is 11.9. The number of benzene rings is 2. The number of hydrogen-bond donors (Lipinski definition) is 0. The fourth-order valence-electron chi connectivity index (χ4n) is 2.45. The number of methoxy groups -OCH3 is 1. The van der Waals surface area contributed by atoms with E-state index < -0.39 is 0 Å². The predicted molar refractivity (Wildman–Crippen MR) is 98.7 cm³/mol. The van der Waals surface area contributed by atoms with E-state index in [-0.39, 0.29) is 18.3 Å². The molecule has 0 N–H and O–H groups in total. The lowest BCUT2D eigenvalue weighted by molar-refractivity contribution is -0.140. The maximum absolute atomic E-state index is 12.9. The lowest BCUT2D eigenvalue weighted by Gasteiger charge is -2.23. The van der Waals surface area contributed by atoms with Crippen molar-refractivity contribution in [2.24, 2.45) is 0 Å². The molecule has 0 radical (unpaired) electrons. The Hall–Kier alpha value is -2.33. The Labute approximate surface area is 153 Å². The first-order valence-corrected chi connectivity index (χ1v) is 8.46. The molecule has 0 aliphatic heterocycles. The molecule has 132 valence electrons. The highest BCUT2D eigenvalue weighted by Crippen LogP contribution is 2.16. The summed E-state index contributed by atoms with van der Waals surface area (Å²) in [5.74, 6) is -0.448. The third-order valence-electron chi connectivity index (χ3n) is 4.14. The summed E-state index contributed by atoms with van der Waals surface area (Å²) in [4.78, 5) is 26.1. The van der Waals surface area contributed by atoms with Crippen molar-refractivity contribution in [3.8, 4) is 0 Å². The topological polar surface area (TPSA) is 46.6 Å². The molecular formula is C20H22ClNO3. The number of nitrogens with zero attached hydrogens (tertiary/aromatic N) is 1. The molecule has 0 aliphatic carbocycles. The highest BCUT2D eigenvalue weighted by atomic mass is 35.5. The summed E-state index contributed by atoms with van der Waals surface area (Å²) in [6, 6.07) is 13.0. The van der Waals surface area contributed by atoms with Gasteiger partial charge in [-0.1, -0.05) is 29.8 Å². The maximum Gasteiger partial charge on any atom is 0.307 e. The normalized spacial score (nSPS) is 10.4. The lowest BCUT2D eigenvalue weighted by Crippen LogP contribution is -2.32. The molecule has 2 aromatic rings. The molecule has 0 unspecified atom stereocenters. The van der Waals surface area contributed by atoms with Crippen LogP contribution in [-0.4, -0.2) is 30.4 Å². The molecule has 0 atom stereocenters. The van der Waals surface area contributed by atoms with Gasteiger partial charge in [-0.15, -0.1) is 0 Å². The van der Waals surface area contributed by atoms with Gasteiger partial charge in [0.2, 0.25) is 0 Å². The van der Waals surface area contributed by atoms with Gasteiger partial charge < -0.3 is 9.64 Å². The van der Waals surface area contributed by atoms with Crippen LogP contribution in [0.3, 0.4) is 0 Å². The Kier molecular flexibility index (Phi) is 6.59. The van der Waals surface area contributed by atoms with E-state index in [0.29, 0.717) is 23.7 Å². The van der Waals surface area contributed by atoms with Gasteiger partial charge in [0.05, 0.1) is 13.5 Å². The van der Waals surface area contributed by atoms with Crippen LogP contribution in [0.5, 0.6) is 0 Å². The highest BCUT2D eigenvalue weighted by Gasteiger charge is 2.18. The number of halogens is 1. The van der Waals surface area contributed by atoms with E-state index in [2.05, 4.69) is 0 Å². The van der Waals surface area contributed by atoms with Crippen molar-refractivity contribution in [1.82, 2.24) is 4.90 Å². The van der Waals surface area contributed by atoms with Crippen molar-refractivity contribution in [3.05, 3.63) is 69.7 Å². The van der Waals surface area contributed by atoms with Gasteiger partial charge in [0, 0.05) is 23.7 Å². The summed E-state index contributed by atoms with van der Waals surface area (Å²) in [7, 11) is 1.34. The number of carbonyl (C=O) groups excluding carboxylic acids is 2. The summed E-state index contributed by atoms with van der Waals surface area (Å²) in [5.41, 5.74) is 3.76. The average molecular weight is 360 g/mol. The van der Waals surface area contributed by atoms with Gasteiger partial charge in [-0.05, 0) is 54.8 Å². The van der Waals surface area contributed by atoms with Crippen molar-refractivity contribution in [2.45, 2.75) is 26.8 Å². The molecule has 0 saturated carbocycles. The van der Waals surface area contributed by atoms with Gasteiger partial charge in [-0.3, -0.25) is 9.59 Å². The molecule has 0 bridgehead atoms. The Morgan fingerprint density at radius 3 is 2.32 bits per heavy atom.